The molecule has 8 heteroatoms. The highest BCUT2D eigenvalue weighted by Crippen LogP contribution is 2.11. The number of imide groups is 1. The maximum atomic E-state index is 11.9. The molecule has 0 saturated heterocycles. The number of methoxy groups -OCH3 is 2. The normalized spacial score (nSPS) is 17.8. The fourth-order valence-corrected chi connectivity index (χ4v) is 1.35. The van der Waals surface area contributed by atoms with Crippen LogP contribution in [0.15, 0.2) is 5.10 Å². The Kier molecular flexibility index (Phi) is 4.02. The van der Waals surface area contributed by atoms with E-state index in [0.29, 0.717) is 0 Å². The van der Waals surface area contributed by atoms with Crippen molar-refractivity contribution in [2.24, 2.45) is 11.0 Å². The lowest BCUT2D eigenvalue weighted by Crippen LogP contribution is -2.43. The molecule has 0 radical (unpaired) electrons. The van der Waals surface area contributed by atoms with Crippen LogP contribution in [0.25, 0.3) is 0 Å². The first-order valence-electron chi connectivity index (χ1n) is 4.77. The van der Waals surface area contributed by atoms with Gasteiger partial charge in [0.05, 0.1) is 20.8 Å². The summed E-state index contributed by atoms with van der Waals surface area (Å²) in [5.41, 5.74) is 2.47. The second-order valence-electron chi connectivity index (χ2n) is 3.27. The van der Waals surface area contributed by atoms with Crippen molar-refractivity contribution < 1.29 is 23.9 Å². The molecule has 0 bridgehead atoms. The Morgan fingerprint density at radius 3 is 2.53 bits per heavy atom. The van der Waals surface area contributed by atoms with Crippen molar-refractivity contribution in [3.05, 3.63) is 0 Å². The first-order valence-corrected chi connectivity index (χ1v) is 4.77. The molecule has 17 heavy (non-hydrogen) atoms. The molecule has 94 valence electrons. The van der Waals surface area contributed by atoms with E-state index in [1.54, 1.807) is 0 Å². The second kappa shape index (κ2) is 5.28. The summed E-state index contributed by atoms with van der Waals surface area (Å²) >= 11 is 0. The molecule has 0 spiro atoms. The van der Waals surface area contributed by atoms with Gasteiger partial charge in [-0.25, -0.2) is 14.5 Å². The van der Waals surface area contributed by atoms with Crippen LogP contribution in [0, 0.1) is 5.92 Å². The molecule has 8 nitrogen and oxygen atoms in total. The number of hydrogen-bond acceptors (Lipinski definition) is 7. The topological polar surface area (TPSA) is 97.3 Å². The van der Waals surface area contributed by atoms with Crippen LogP contribution in [0.4, 0.5) is 4.79 Å². The number of rotatable bonds is 2. The number of nitrogens with zero attached hydrogens (tertiary/aromatic N) is 2. The highest BCUT2D eigenvalue weighted by molar-refractivity contribution is 6.41. The zero-order valence-electron chi connectivity index (χ0n) is 9.72. The minimum atomic E-state index is -0.841. The van der Waals surface area contributed by atoms with Crippen molar-refractivity contribution in [2.75, 3.05) is 27.8 Å². The molecule has 1 heterocycles. The fourth-order valence-electron chi connectivity index (χ4n) is 1.35. The van der Waals surface area contributed by atoms with Crippen molar-refractivity contribution in [1.29, 1.82) is 0 Å². The van der Waals surface area contributed by atoms with Crippen molar-refractivity contribution in [2.45, 2.75) is 0 Å². The molecule has 0 unspecified atom stereocenters. The summed E-state index contributed by atoms with van der Waals surface area (Å²) in [6.07, 6.45) is -0.800. The Morgan fingerprint density at radius 2 is 2.00 bits per heavy atom. The van der Waals surface area contributed by atoms with Gasteiger partial charge >= 0.3 is 12.1 Å². The number of esters is 1. The van der Waals surface area contributed by atoms with E-state index in [9.17, 15) is 14.4 Å². The molecule has 1 aliphatic heterocycles. The molecule has 2 amide bonds. The van der Waals surface area contributed by atoms with Crippen LogP contribution >= 0.6 is 0 Å². The lowest BCUT2D eigenvalue weighted by atomic mass is 10.0. The van der Waals surface area contributed by atoms with Crippen LogP contribution in [0.2, 0.25) is 0 Å². The molecule has 0 fully saturated rings. The standard InChI is InChI=1S/C9H13N3O5/c1-12(9(15)17-3)7(13)5-4-10-11-6(5)8(14)16-2/h5,10H,4H2,1-3H3/t5-/m1/s1. The number of hydrazone groups is 1. The van der Waals surface area contributed by atoms with Gasteiger partial charge in [-0.3, -0.25) is 4.79 Å². The van der Waals surface area contributed by atoms with Crippen LogP contribution in [-0.4, -0.2) is 56.4 Å². The SMILES string of the molecule is COC(=O)C1=NNC[C@H]1C(=O)N(C)C(=O)OC. The van der Waals surface area contributed by atoms with Gasteiger partial charge in [-0.15, -0.1) is 0 Å². The zero-order valence-corrected chi connectivity index (χ0v) is 9.72. The van der Waals surface area contributed by atoms with E-state index in [1.165, 1.54) is 14.2 Å². The number of carbonyl (C=O) groups excluding carboxylic acids is 3. The van der Waals surface area contributed by atoms with Gasteiger partial charge in [0, 0.05) is 7.05 Å². The summed E-state index contributed by atoms with van der Waals surface area (Å²) in [5.74, 6) is -2.12. The van der Waals surface area contributed by atoms with Gasteiger partial charge in [-0.1, -0.05) is 0 Å². The average Bonchev–Trinajstić information content (AvgIpc) is 2.83. The fraction of sp³-hybridized carbons (Fsp3) is 0.556. The first-order chi connectivity index (χ1) is 8.02. The summed E-state index contributed by atoms with van der Waals surface area (Å²) in [5, 5.41) is 3.67. The summed E-state index contributed by atoms with van der Waals surface area (Å²) in [6.45, 7) is 0.143. The van der Waals surface area contributed by atoms with Crippen LogP contribution < -0.4 is 5.43 Å². The van der Waals surface area contributed by atoms with Crippen LogP contribution in [-0.2, 0) is 19.1 Å². The maximum Gasteiger partial charge on any atom is 0.415 e. The van der Waals surface area contributed by atoms with Gasteiger partial charge in [0.15, 0.2) is 5.71 Å². The third-order valence-corrected chi connectivity index (χ3v) is 2.30. The Morgan fingerprint density at radius 1 is 1.35 bits per heavy atom. The molecule has 0 aromatic rings. The van der Waals surface area contributed by atoms with E-state index in [4.69, 9.17) is 0 Å². The third kappa shape index (κ3) is 2.52. The van der Waals surface area contributed by atoms with E-state index < -0.39 is 23.9 Å². The van der Waals surface area contributed by atoms with E-state index in [1.807, 2.05) is 0 Å². The molecule has 1 atom stereocenters. The van der Waals surface area contributed by atoms with Crippen LogP contribution in [0.5, 0.6) is 0 Å². The van der Waals surface area contributed by atoms with E-state index in [-0.39, 0.29) is 12.3 Å². The molecule has 1 N–H and O–H groups in total. The zero-order chi connectivity index (χ0) is 13.0. The number of ether oxygens (including phenoxy) is 2. The summed E-state index contributed by atoms with van der Waals surface area (Å²) in [7, 11) is 3.62. The summed E-state index contributed by atoms with van der Waals surface area (Å²) in [6, 6.07) is 0. The van der Waals surface area contributed by atoms with E-state index in [0.717, 1.165) is 12.0 Å². The maximum absolute atomic E-state index is 11.9. The largest absolute Gasteiger partial charge is 0.464 e. The Hall–Kier alpha value is -2.12. The first kappa shape index (κ1) is 12.9. The Bertz CT molecular complexity index is 379. The van der Waals surface area contributed by atoms with E-state index in [2.05, 4.69) is 20.0 Å². The minimum absolute atomic E-state index is 0.0479. The van der Waals surface area contributed by atoms with Crippen LogP contribution in [0.3, 0.4) is 0 Å². The number of hydrogen-bond donors (Lipinski definition) is 1. The summed E-state index contributed by atoms with van der Waals surface area (Å²) < 4.78 is 8.89. The second-order valence-corrected chi connectivity index (χ2v) is 3.27. The predicted octanol–water partition coefficient (Wildman–Crippen LogP) is -1.04. The average molecular weight is 243 g/mol. The molecule has 0 saturated carbocycles. The number of carbonyl (C=O) groups is 3. The smallest absolute Gasteiger partial charge is 0.415 e. The molecule has 1 aliphatic rings. The Balaban J connectivity index is 2.80. The Labute approximate surface area is 97.5 Å². The molecular formula is C9H13N3O5. The molecule has 0 aliphatic carbocycles. The molecule has 0 aromatic heterocycles. The third-order valence-electron chi connectivity index (χ3n) is 2.30. The van der Waals surface area contributed by atoms with Crippen molar-refractivity contribution in [3.8, 4) is 0 Å². The highest BCUT2D eigenvalue weighted by Gasteiger charge is 2.37. The quantitative estimate of drug-likeness (QED) is 0.622. The number of amides is 2. The molecule has 0 aromatic carbocycles. The van der Waals surface area contributed by atoms with Gasteiger partial charge in [0.1, 0.15) is 5.92 Å². The predicted molar refractivity (Wildman–Crippen MR) is 56.1 cm³/mol. The number of nitrogens with one attached hydrogen (secondary N) is 1. The molecule has 1 rings (SSSR count). The van der Waals surface area contributed by atoms with Gasteiger partial charge in [0.2, 0.25) is 5.91 Å². The van der Waals surface area contributed by atoms with Gasteiger partial charge in [-0.05, 0) is 0 Å². The van der Waals surface area contributed by atoms with Gasteiger partial charge < -0.3 is 14.9 Å². The molecular weight excluding hydrogens is 230 g/mol. The highest BCUT2D eigenvalue weighted by atomic mass is 16.5. The monoisotopic (exact) mass is 243 g/mol. The van der Waals surface area contributed by atoms with Crippen molar-refractivity contribution >= 4 is 23.7 Å². The van der Waals surface area contributed by atoms with Gasteiger partial charge in [0.25, 0.3) is 0 Å². The van der Waals surface area contributed by atoms with Crippen molar-refractivity contribution in [1.82, 2.24) is 10.3 Å². The van der Waals surface area contributed by atoms with E-state index >= 15 is 0 Å². The lowest BCUT2D eigenvalue weighted by molar-refractivity contribution is -0.135. The lowest BCUT2D eigenvalue weighted by Gasteiger charge is -2.17. The van der Waals surface area contributed by atoms with Gasteiger partial charge in [-0.2, -0.15) is 5.10 Å². The summed E-state index contributed by atoms with van der Waals surface area (Å²) in [4.78, 5) is 35.1. The van der Waals surface area contributed by atoms with Crippen LogP contribution in [0.1, 0.15) is 0 Å². The van der Waals surface area contributed by atoms with Crippen molar-refractivity contribution in [3.63, 3.8) is 0 Å². The minimum Gasteiger partial charge on any atom is -0.464 e.